The molecule has 2 aliphatic rings. The zero-order chi connectivity index (χ0) is 18.5. The van der Waals surface area contributed by atoms with Crippen LogP contribution in [-0.2, 0) is 4.79 Å². The Balaban J connectivity index is 1.60. The van der Waals surface area contributed by atoms with Gasteiger partial charge >= 0.3 is 0 Å². The topological polar surface area (TPSA) is 69.7 Å². The number of amides is 3. The van der Waals surface area contributed by atoms with E-state index in [1.54, 1.807) is 29.2 Å². The summed E-state index contributed by atoms with van der Waals surface area (Å²) in [5.74, 6) is -0.700. The van der Waals surface area contributed by atoms with Crippen molar-refractivity contribution in [2.45, 2.75) is 19.4 Å². The van der Waals surface area contributed by atoms with Crippen LogP contribution >= 0.6 is 0 Å². The van der Waals surface area contributed by atoms with Crippen LogP contribution in [0.1, 0.15) is 34.6 Å². The van der Waals surface area contributed by atoms with Gasteiger partial charge in [-0.2, -0.15) is 0 Å². The van der Waals surface area contributed by atoms with E-state index in [9.17, 15) is 14.4 Å². The second kappa shape index (κ2) is 5.69. The lowest BCUT2D eigenvalue weighted by atomic mass is 9.98. The SMILES string of the molecule is CC1(C)Nc2ccccc2N(CCN2C(=O)c3ccccc3C2=O)C1=O. The summed E-state index contributed by atoms with van der Waals surface area (Å²) in [6, 6.07) is 14.3. The normalized spacial score (nSPS) is 17.8. The molecular formula is C20H19N3O3. The molecule has 0 bridgehead atoms. The molecule has 6 heteroatoms. The number of nitrogens with zero attached hydrogens (tertiary/aromatic N) is 2. The van der Waals surface area contributed by atoms with Gasteiger partial charge in [0, 0.05) is 13.1 Å². The van der Waals surface area contributed by atoms with Gasteiger partial charge in [0.2, 0.25) is 0 Å². The van der Waals surface area contributed by atoms with E-state index in [1.165, 1.54) is 4.90 Å². The molecule has 1 N–H and O–H groups in total. The van der Waals surface area contributed by atoms with E-state index in [0.717, 1.165) is 11.4 Å². The number of imide groups is 1. The van der Waals surface area contributed by atoms with Gasteiger partial charge in [-0.15, -0.1) is 0 Å². The fraction of sp³-hybridized carbons (Fsp3) is 0.250. The highest BCUT2D eigenvalue weighted by molar-refractivity contribution is 6.21. The Labute approximate surface area is 151 Å². The Kier molecular flexibility index (Phi) is 3.57. The van der Waals surface area contributed by atoms with Crippen molar-refractivity contribution in [3.63, 3.8) is 0 Å². The molecule has 0 saturated carbocycles. The highest BCUT2D eigenvalue weighted by Gasteiger charge is 2.40. The third-order valence-corrected chi connectivity index (χ3v) is 4.85. The smallest absolute Gasteiger partial charge is 0.261 e. The molecule has 0 aliphatic carbocycles. The van der Waals surface area contributed by atoms with E-state index in [0.29, 0.717) is 11.1 Å². The summed E-state index contributed by atoms with van der Waals surface area (Å²) < 4.78 is 0. The van der Waals surface area contributed by atoms with Crippen LogP contribution in [0.2, 0.25) is 0 Å². The van der Waals surface area contributed by atoms with E-state index in [2.05, 4.69) is 5.32 Å². The molecule has 2 heterocycles. The van der Waals surface area contributed by atoms with Crippen LogP contribution in [0.25, 0.3) is 0 Å². The standard InChI is InChI=1S/C20H19N3O3/c1-20(2)19(26)22(16-10-6-5-9-15(16)21-20)11-12-23-17(24)13-7-3-4-8-14(13)18(23)25/h3-10,21H,11-12H2,1-2H3. The first-order valence-corrected chi connectivity index (χ1v) is 8.54. The van der Waals surface area contributed by atoms with E-state index < -0.39 is 5.54 Å². The minimum Gasteiger partial charge on any atom is -0.370 e. The average Bonchev–Trinajstić information content (AvgIpc) is 2.87. The summed E-state index contributed by atoms with van der Waals surface area (Å²) in [4.78, 5) is 40.8. The lowest BCUT2D eigenvalue weighted by Crippen LogP contribution is -2.55. The van der Waals surface area contributed by atoms with E-state index >= 15 is 0 Å². The van der Waals surface area contributed by atoms with Gasteiger partial charge in [-0.05, 0) is 38.1 Å². The van der Waals surface area contributed by atoms with Crippen LogP contribution in [0.5, 0.6) is 0 Å². The molecule has 0 saturated heterocycles. The maximum atomic E-state index is 12.9. The average molecular weight is 349 g/mol. The Morgan fingerprint density at radius 3 is 2.00 bits per heavy atom. The molecule has 26 heavy (non-hydrogen) atoms. The third kappa shape index (κ3) is 2.37. The van der Waals surface area contributed by atoms with E-state index in [4.69, 9.17) is 0 Å². The highest BCUT2D eigenvalue weighted by Crippen LogP contribution is 2.35. The van der Waals surface area contributed by atoms with Crippen LogP contribution in [0.3, 0.4) is 0 Å². The number of nitrogens with one attached hydrogen (secondary N) is 1. The quantitative estimate of drug-likeness (QED) is 0.865. The molecule has 6 nitrogen and oxygen atoms in total. The fourth-order valence-corrected chi connectivity index (χ4v) is 3.52. The number of carbonyl (C=O) groups is 3. The predicted molar refractivity (Wildman–Crippen MR) is 98.3 cm³/mol. The number of fused-ring (bicyclic) bond motifs is 2. The molecule has 0 fully saturated rings. The largest absolute Gasteiger partial charge is 0.370 e. The molecule has 2 aromatic carbocycles. The Morgan fingerprint density at radius 1 is 0.808 bits per heavy atom. The molecule has 4 rings (SSSR count). The van der Waals surface area contributed by atoms with Gasteiger partial charge < -0.3 is 10.2 Å². The number of para-hydroxylation sites is 2. The van der Waals surface area contributed by atoms with Gasteiger partial charge in [0.1, 0.15) is 5.54 Å². The fourth-order valence-electron chi connectivity index (χ4n) is 3.52. The monoisotopic (exact) mass is 349 g/mol. The van der Waals surface area contributed by atoms with Crippen molar-refractivity contribution in [2.24, 2.45) is 0 Å². The molecule has 0 unspecified atom stereocenters. The lowest BCUT2D eigenvalue weighted by Gasteiger charge is -2.40. The predicted octanol–water partition coefficient (Wildman–Crippen LogP) is 2.52. The summed E-state index contributed by atoms with van der Waals surface area (Å²) >= 11 is 0. The van der Waals surface area contributed by atoms with Crippen LogP contribution in [-0.4, -0.2) is 41.2 Å². The molecular weight excluding hydrogens is 330 g/mol. The molecule has 0 spiro atoms. The van der Waals surface area contributed by atoms with Crippen molar-refractivity contribution in [3.8, 4) is 0 Å². The van der Waals surface area contributed by atoms with Crippen molar-refractivity contribution < 1.29 is 14.4 Å². The van der Waals surface area contributed by atoms with Crippen molar-refractivity contribution in [1.82, 2.24) is 4.90 Å². The number of anilines is 2. The van der Waals surface area contributed by atoms with Crippen molar-refractivity contribution in [2.75, 3.05) is 23.3 Å². The van der Waals surface area contributed by atoms with Gasteiger partial charge in [-0.3, -0.25) is 19.3 Å². The summed E-state index contributed by atoms with van der Waals surface area (Å²) in [6.07, 6.45) is 0. The number of rotatable bonds is 3. The van der Waals surface area contributed by atoms with Crippen molar-refractivity contribution >= 4 is 29.1 Å². The maximum Gasteiger partial charge on any atom is 0.261 e. The molecule has 0 atom stereocenters. The summed E-state index contributed by atoms with van der Waals surface area (Å²) in [5.41, 5.74) is 1.71. The number of hydrogen-bond donors (Lipinski definition) is 1. The highest BCUT2D eigenvalue weighted by atomic mass is 16.2. The van der Waals surface area contributed by atoms with Crippen LogP contribution < -0.4 is 10.2 Å². The Hall–Kier alpha value is -3.15. The number of hydrogen-bond acceptors (Lipinski definition) is 4. The number of carbonyl (C=O) groups excluding carboxylic acids is 3. The zero-order valence-electron chi connectivity index (χ0n) is 14.7. The van der Waals surface area contributed by atoms with E-state index in [-0.39, 0.29) is 30.8 Å². The van der Waals surface area contributed by atoms with Crippen molar-refractivity contribution in [3.05, 3.63) is 59.7 Å². The second-order valence-corrected chi connectivity index (χ2v) is 7.03. The van der Waals surface area contributed by atoms with Gasteiger partial charge in [0.15, 0.2) is 0 Å². The van der Waals surface area contributed by atoms with Gasteiger partial charge in [-0.1, -0.05) is 24.3 Å². The van der Waals surface area contributed by atoms with Crippen LogP contribution in [0, 0.1) is 0 Å². The third-order valence-electron chi connectivity index (χ3n) is 4.85. The minimum absolute atomic E-state index is 0.0900. The first-order valence-electron chi connectivity index (χ1n) is 8.54. The van der Waals surface area contributed by atoms with Gasteiger partial charge in [-0.25, -0.2) is 0 Å². The minimum atomic E-state index is -0.754. The molecule has 0 aromatic heterocycles. The van der Waals surface area contributed by atoms with E-state index in [1.807, 2.05) is 38.1 Å². The number of benzene rings is 2. The Bertz CT molecular complexity index is 900. The maximum absolute atomic E-state index is 12.9. The summed E-state index contributed by atoms with van der Waals surface area (Å²) in [5, 5.41) is 3.24. The van der Waals surface area contributed by atoms with Crippen LogP contribution in [0.4, 0.5) is 11.4 Å². The Morgan fingerprint density at radius 2 is 1.35 bits per heavy atom. The second-order valence-electron chi connectivity index (χ2n) is 7.03. The van der Waals surface area contributed by atoms with Gasteiger partial charge in [0.05, 0.1) is 22.5 Å². The molecule has 0 radical (unpaired) electrons. The molecule has 3 amide bonds. The molecule has 132 valence electrons. The van der Waals surface area contributed by atoms with Gasteiger partial charge in [0.25, 0.3) is 17.7 Å². The first kappa shape index (κ1) is 16.3. The van der Waals surface area contributed by atoms with Crippen molar-refractivity contribution in [1.29, 1.82) is 0 Å². The van der Waals surface area contributed by atoms with Crippen LogP contribution in [0.15, 0.2) is 48.5 Å². The molecule has 2 aromatic rings. The summed E-state index contributed by atoms with van der Waals surface area (Å²) in [7, 11) is 0. The first-order chi connectivity index (χ1) is 12.4. The zero-order valence-corrected chi connectivity index (χ0v) is 14.7. The lowest BCUT2D eigenvalue weighted by molar-refractivity contribution is -0.122. The summed E-state index contributed by atoms with van der Waals surface area (Å²) in [6.45, 7) is 4.05. The molecule has 2 aliphatic heterocycles.